The normalized spacial score (nSPS) is 11.1. The molecule has 0 bridgehead atoms. The highest BCUT2D eigenvalue weighted by molar-refractivity contribution is 7.90. The maximum Gasteiger partial charge on any atom is 0.330 e. The van der Waals surface area contributed by atoms with Gasteiger partial charge < -0.3 is 14.2 Å². The van der Waals surface area contributed by atoms with Crippen molar-refractivity contribution in [3.8, 4) is 0 Å². The van der Waals surface area contributed by atoms with E-state index in [4.69, 9.17) is 14.2 Å². The molecule has 0 spiro atoms. The Kier molecular flexibility index (Phi) is 13.4. The third kappa shape index (κ3) is 9.55. The number of ether oxygens (including phenoxy) is 3. The molecule has 0 atom stereocenters. The van der Waals surface area contributed by atoms with Crippen LogP contribution in [-0.2, 0) is 28.6 Å². The van der Waals surface area contributed by atoms with E-state index >= 15 is 0 Å². The smallest absolute Gasteiger partial charge is 0.330 e. The van der Waals surface area contributed by atoms with Crippen LogP contribution in [0.1, 0.15) is 73.9 Å². The maximum atomic E-state index is 14.1. The summed E-state index contributed by atoms with van der Waals surface area (Å²) in [6.45, 7) is 19.3. The predicted octanol–water partition coefficient (Wildman–Crippen LogP) is 6.79. The van der Waals surface area contributed by atoms with Gasteiger partial charge in [-0.15, -0.1) is 0 Å². The quantitative estimate of drug-likeness (QED) is 0.0871. The topological polar surface area (TPSA) is 113 Å². The van der Waals surface area contributed by atoms with Gasteiger partial charge in [-0.05, 0) is 76.4 Å². The lowest BCUT2D eigenvalue weighted by Crippen LogP contribution is -2.39. The van der Waals surface area contributed by atoms with Gasteiger partial charge in [0.15, 0.2) is 11.0 Å². The molecule has 0 aliphatic heterocycles. The summed E-state index contributed by atoms with van der Waals surface area (Å²) in [6.07, 6.45) is 2.18. The Morgan fingerprint density at radius 1 is 0.682 bits per heavy atom. The fourth-order valence-corrected chi connectivity index (χ4v) is 7.35. The van der Waals surface area contributed by atoms with Crippen LogP contribution in [0.5, 0.6) is 0 Å². The fraction of sp³-hybridized carbons (Fsp3) is 0.400. The van der Waals surface area contributed by atoms with Crippen molar-refractivity contribution in [2.45, 2.75) is 61.3 Å². The van der Waals surface area contributed by atoms with Crippen molar-refractivity contribution in [3.05, 3.63) is 94.1 Å². The molecule has 0 fully saturated rings. The molecule has 0 saturated heterocycles. The molecule has 2 aromatic carbocycles. The van der Waals surface area contributed by atoms with E-state index in [2.05, 4.69) is 13.2 Å². The van der Waals surface area contributed by atoms with Crippen molar-refractivity contribution >= 4 is 36.9 Å². The largest absolute Gasteiger partial charge is 0.465 e. The number of aryl methyl sites for hydroxylation is 6. The summed E-state index contributed by atoms with van der Waals surface area (Å²) in [4.78, 5) is 64.7. The number of carbonyl (C=O) groups is 5. The van der Waals surface area contributed by atoms with Gasteiger partial charge in [0, 0.05) is 31.2 Å². The Labute approximate surface area is 261 Å². The van der Waals surface area contributed by atoms with Gasteiger partial charge in [-0.25, -0.2) is 9.59 Å². The number of benzene rings is 2. The van der Waals surface area contributed by atoms with Gasteiger partial charge in [0.1, 0.15) is 19.8 Å². The number of rotatable bonds is 16. The average molecular weight is 623 g/mol. The first-order valence-electron chi connectivity index (χ1n) is 14.4. The zero-order valence-electron chi connectivity index (χ0n) is 26.8. The standard InChI is InChI=1S/C35H43O8P/c1-10-28(36)41-19-35(12-3,20-42-29(37)11-2)21-43-30(38)13-14-44(33(39)31-24(6)15-22(4)16-25(31)7)34(40)32-26(8)17-23(5)18-27(32)9/h10-11,15-18H,1-2,12-14,19-21H2,3-9H3. The summed E-state index contributed by atoms with van der Waals surface area (Å²) in [5, 5.41) is 0. The fourth-order valence-electron chi connectivity index (χ4n) is 5.11. The van der Waals surface area contributed by atoms with Gasteiger partial charge in [-0.1, -0.05) is 55.5 Å². The van der Waals surface area contributed by atoms with Crippen LogP contribution < -0.4 is 0 Å². The molecule has 236 valence electrons. The van der Waals surface area contributed by atoms with E-state index in [1.54, 1.807) is 6.92 Å². The van der Waals surface area contributed by atoms with Crippen molar-refractivity contribution in [3.63, 3.8) is 0 Å². The summed E-state index contributed by atoms with van der Waals surface area (Å²) in [5.41, 5.74) is 4.59. The zero-order valence-corrected chi connectivity index (χ0v) is 27.7. The monoisotopic (exact) mass is 622 g/mol. The minimum atomic E-state index is -1.97. The molecule has 0 aromatic heterocycles. The highest BCUT2D eigenvalue weighted by Gasteiger charge is 2.35. The third-order valence-electron chi connectivity index (χ3n) is 7.48. The number of carbonyl (C=O) groups excluding carboxylic acids is 5. The van der Waals surface area contributed by atoms with E-state index in [0.29, 0.717) is 17.5 Å². The Morgan fingerprint density at radius 2 is 1.05 bits per heavy atom. The number of hydrogen-bond acceptors (Lipinski definition) is 8. The molecular formula is C35H43O8P. The molecule has 8 nitrogen and oxygen atoms in total. The second-order valence-electron chi connectivity index (χ2n) is 11.2. The second-order valence-corrected chi connectivity index (χ2v) is 13.3. The van der Waals surface area contributed by atoms with Crippen molar-refractivity contribution in [2.24, 2.45) is 5.41 Å². The van der Waals surface area contributed by atoms with Crippen LogP contribution in [0.2, 0.25) is 0 Å². The first-order chi connectivity index (χ1) is 20.7. The van der Waals surface area contributed by atoms with E-state index in [-0.39, 0.29) is 43.5 Å². The van der Waals surface area contributed by atoms with Gasteiger partial charge in [0.2, 0.25) is 0 Å². The van der Waals surface area contributed by atoms with Crippen molar-refractivity contribution in [2.75, 3.05) is 26.0 Å². The second kappa shape index (κ2) is 16.2. The molecule has 0 heterocycles. The first-order valence-corrected chi connectivity index (χ1v) is 16.0. The summed E-state index contributed by atoms with van der Waals surface area (Å²) >= 11 is 0. The molecule has 0 N–H and O–H groups in total. The summed E-state index contributed by atoms with van der Waals surface area (Å²) < 4.78 is 16.0. The average Bonchev–Trinajstić information content (AvgIpc) is 2.95. The lowest BCUT2D eigenvalue weighted by atomic mass is 9.88. The molecule has 44 heavy (non-hydrogen) atoms. The minimum absolute atomic E-state index is 0.00136. The minimum Gasteiger partial charge on any atom is -0.465 e. The van der Waals surface area contributed by atoms with E-state index < -0.39 is 31.2 Å². The third-order valence-corrected chi connectivity index (χ3v) is 9.57. The first kappa shape index (κ1) is 36.3. The molecule has 9 heteroatoms. The lowest BCUT2D eigenvalue weighted by molar-refractivity contribution is -0.158. The Morgan fingerprint density at radius 3 is 1.39 bits per heavy atom. The molecule has 2 rings (SSSR count). The van der Waals surface area contributed by atoms with Gasteiger partial charge in [0.05, 0.1) is 11.8 Å². The molecule has 0 aliphatic carbocycles. The Bertz CT molecular complexity index is 1320. The molecule has 0 saturated carbocycles. The Balaban J connectivity index is 2.35. The van der Waals surface area contributed by atoms with Crippen LogP contribution in [-0.4, -0.2) is 54.9 Å². The summed E-state index contributed by atoms with van der Waals surface area (Å²) in [7, 11) is -1.97. The van der Waals surface area contributed by atoms with Gasteiger partial charge in [0.25, 0.3) is 0 Å². The van der Waals surface area contributed by atoms with Crippen LogP contribution in [0.3, 0.4) is 0 Å². The van der Waals surface area contributed by atoms with Crippen molar-refractivity contribution in [1.82, 2.24) is 0 Å². The SMILES string of the molecule is C=CC(=O)OCC(CC)(COC(=O)C=C)COC(=O)CCP(C(=O)c1c(C)cc(C)cc1C)C(=O)c1c(C)cc(C)cc1C. The highest BCUT2D eigenvalue weighted by Crippen LogP contribution is 2.46. The van der Waals surface area contributed by atoms with Crippen molar-refractivity contribution in [1.29, 1.82) is 0 Å². The van der Waals surface area contributed by atoms with Gasteiger partial charge in [-0.2, -0.15) is 0 Å². The van der Waals surface area contributed by atoms with E-state index in [9.17, 15) is 24.0 Å². The van der Waals surface area contributed by atoms with E-state index in [1.165, 1.54) is 0 Å². The van der Waals surface area contributed by atoms with Crippen LogP contribution in [0.25, 0.3) is 0 Å². The number of esters is 3. The summed E-state index contributed by atoms with van der Waals surface area (Å²) in [6, 6.07) is 7.66. The summed E-state index contributed by atoms with van der Waals surface area (Å²) in [5.74, 6) is -1.97. The zero-order chi connectivity index (χ0) is 33.2. The number of hydrogen-bond donors (Lipinski definition) is 0. The van der Waals surface area contributed by atoms with Crippen LogP contribution in [0.4, 0.5) is 0 Å². The van der Waals surface area contributed by atoms with Crippen LogP contribution in [0.15, 0.2) is 49.6 Å². The Hall–Kier alpha value is -3.90. The van der Waals surface area contributed by atoms with Gasteiger partial charge >= 0.3 is 17.9 Å². The van der Waals surface area contributed by atoms with Gasteiger partial charge in [-0.3, -0.25) is 14.4 Å². The molecule has 0 unspecified atom stereocenters. The maximum absolute atomic E-state index is 14.1. The lowest BCUT2D eigenvalue weighted by Gasteiger charge is -2.30. The molecular weight excluding hydrogens is 579 g/mol. The van der Waals surface area contributed by atoms with E-state index in [1.807, 2.05) is 65.8 Å². The molecule has 0 amide bonds. The molecule has 0 aliphatic rings. The highest BCUT2D eigenvalue weighted by atomic mass is 31.1. The predicted molar refractivity (Wildman–Crippen MR) is 172 cm³/mol. The van der Waals surface area contributed by atoms with Crippen LogP contribution >= 0.6 is 7.92 Å². The van der Waals surface area contributed by atoms with Crippen LogP contribution in [0, 0.1) is 47.0 Å². The van der Waals surface area contributed by atoms with Crippen molar-refractivity contribution < 1.29 is 38.2 Å². The molecule has 2 aromatic rings. The van der Waals surface area contributed by atoms with E-state index in [0.717, 1.165) is 45.5 Å². The molecule has 0 radical (unpaired) electrons.